The van der Waals surface area contributed by atoms with Gasteiger partial charge in [0.15, 0.2) is 5.43 Å². The van der Waals surface area contributed by atoms with Crippen molar-refractivity contribution >= 4 is 89.1 Å². The van der Waals surface area contributed by atoms with Crippen LogP contribution < -0.4 is 53.3 Å². The number of thiocarbonyl (C=S) groups is 1. The number of amides is 8. The normalized spacial score (nSPS) is 12.7. The fourth-order valence-corrected chi connectivity index (χ4v) is 8.82. The molecule has 27 heteroatoms. The molecule has 6 rings (SSSR count). The molecular formula is C54H56N9O16PS. The third-order valence-electron chi connectivity index (χ3n) is 12.2. The van der Waals surface area contributed by atoms with Crippen LogP contribution >= 0.6 is 20.0 Å². The van der Waals surface area contributed by atoms with Crippen LogP contribution in [0.2, 0.25) is 0 Å². The SMILES string of the molecule is CC(C)C[C@H](NC(=O)CNC(=O)[C@H](CCC(N)=O)NC(=O)[C@H](Cc1ccc(OP(=O)(O)O)cc1)NC(=O)c1ccc(CNC(=O)c2cc(N=C=S)ccc2-c2c3ccc(=O)cc-3oc3cc(O)ccc23)cc1)C(=O)N[C@@H](CO)C(N)=O. The number of phenolic OH excluding ortho intramolecular Hbond substituents is 1. The number of nitrogens with one attached hydrogen (secondary N) is 6. The van der Waals surface area contributed by atoms with Gasteiger partial charge in [0.1, 0.15) is 47.0 Å². The van der Waals surface area contributed by atoms with E-state index in [9.17, 15) is 67.7 Å². The highest BCUT2D eigenvalue weighted by molar-refractivity contribution is 7.78. The number of hydrogen-bond acceptors (Lipinski definition) is 16. The highest BCUT2D eigenvalue weighted by Gasteiger charge is 2.31. The van der Waals surface area contributed by atoms with Gasteiger partial charge >= 0.3 is 7.82 Å². The summed E-state index contributed by atoms with van der Waals surface area (Å²) in [6.07, 6.45) is -1.03. The van der Waals surface area contributed by atoms with Gasteiger partial charge in [-0.25, -0.2) is 4.57 Å². The number of nitrogens with two attached hydrogens (primary N) is 2. The molecule has 0 fully saturated rings. The molecule has 1 heterocycles. The number of benzene rings is 5. The smallest absolute Gasteiger partial charge is 0.508 e. The molecule has 424 valence electrons. The fraction of sp³-hybridized carbons (Fsp3) is 0.259. The number of phosphoric ester groups is 1. The number of isothiocyanates is 1. The van der Waals surface area contributed by atoms with Crippen molar-refractivity contribution in [3.63, 3.8) is 0 Å². The lowest BCUT2D eigenvalue weighted by atomic mass is 9.90. The van der Waals surface area contributed by atoms with E-state index in [2.05, 4.69) is 46.6 Å². The molecule has 4 atom stereocenters. The van der Waals surface area contributed by atoms with Gasteiger partial charge in [-0.15, -0.1) is 0 Å². The molecule has 4 aromatic carbocycles. The highest BCUT2D eigenvalue weighted by Crippen LogP contribution is 2.43. The molecule has 25 nitrogen and oxygen atoms in total. The van der Waals surface area contributed by atoms with Crippen molar-refractivity contribution in [1.82, 2.24) is 31.9 Å². The second kappa shape index (κ2) is 27.6. The Kier molecular flexibility index (Phi) is 20.8. The molecule has 4 aromatic rings. The predicted octanol–water partition coefficient (Wildman–Crippen LogP) is 2.11. The molecular weight excluding hydrogens is 1090 g/mol. The van der Waals surface area contributed by atoms with Crippen LogP contribution in [-0.2, 0) is 46.3 Å². The zero-order valence-electron chi connectivity index (χ0n) is 43.3. The van der Waals surface area contributed by atoms with Crippen molar-refractivity contribution in [3.05, 3.63) is 136 Å². The highest BCUT2D eigenvalue weighted by atomic mass is 32.1. The maximum Gasteiger partial charge on any atom is 0.524 e. The van der Waals surface area contributed by atoms with Gasteiger partial charge in [-0.1, -0.05) is 44.2 Å². The van der Waals surface area contributed by atoms with Crippen molar-refractivity contribution in [3.8, 4) is 33.9 Å². The van der Waals surface area contributed by atoms with Crippen LogP contribution in [-0.4, -0.2) is 110 Å². The van der Waals surface area contributed by atoms with Crippen LogP contribution in [0.1, 0.15) is 65.0 Å². The molecule has 0 saturated heterocycles. The molecule has 0 saturated carbocycles. The Balaban J connectivity index is 1.20. The molecule has 2 aliphatic rings. The van der Waals surface area contributed by atoms with Crippen LogP contribution in [0.3, 0.4) is 0 Å². The van der Waals surface area contributed by atoms with Gasteiger partial charge in [0.2, 0.25) is 35.4 Å². The van der Waals surface area contributed by atoms with Gasteiger partial charge in [0.25, 0.3) is 11.8 Å². The first kappa shape index (κ1) is 61.1. The lowest BCUT2D eigenvalue weighted by molar-refractivity contribution is -0.133. The average molecular weight is 1150 g/mol. The van der Waals surface area contributed by atoms with E-state index in [0.29, 0.717) is 38.9 Å². The number of aliphatic hydroxyl groups excluding tert-OH is 1. The monoisotopic (exact) mass is 1150 g/mol. The van der Waals surface area contributed by atoms with Crippen LogP contribution in [0.15, 0.2) is 117 Å². The molecule has 81 heavy (non-hydrogen) atoms. The first-order chi connectivity index (χ1) is 38.4. The summed E-state index contributed by atoms with van der Waals surface area (Å²) in [6, 6.07) is 18.8. The molecule has 1 aliphatic carbocycles. The topological polar surface area (TPSA) is 411 Å². The minimum atomic E-state index is -4.95. The van der Waals surface area contributed by atoms with E-state index >= 15 is 0 Å². The van der Waals surface area contributed by atoms with Gasteiger partial charge in [0.05, 0.1) is 24.0 Å². The number of hydrogen-bond donors (Lipinski definition) is 12. The second-order valence-electron chi connectivity index (χ2n) is 18.8. The number of aromatic hydroxyl groups is 1. The molecule has 1 aliphatic heterocycles. The molecule has 0 unspecified atom stereocenters. The second-order valence-corrected chi connectivity index (χ2v) is 20.1. The summed E-state index contributed by atoms with van der Waals surface area (Å²) in [5, 5.41) is 37.6. The average Bonchev–Trinajstić information content (AvgIpc) is 3.61. The Hall–Kier alpha value is -9.16. The van der Waals surface area contributed by atoms with E-state index in [0.717, 1.165) is 0 Å². The Bertz CT molecular complexity index is 3490. The molecule has 0 aromatic heterocycles. The standard InChI is InChI=1S/C54H56N9O16PS/c1-28(2)19-41(53(73)63-43(26-64)49(56)69)60-47(68)25-58-52(72)40(17-18-46(55)67)61-54(74)42(20-29-5-12-35(13-6-29)79-80(75,76)77)62-50(70)31-7-3-30(4-8-31)24-57-51(71)39-21-32(59-27-81)9-14-36(39)48-37-15-10-33(65)22-44(37)78-45-23-34(66)11-16-38(45)48/h3-16,21-23,28,40-43,64-65H,17-20,24-26H2,1-2H3,(H2,55,67)(H2,56,69)(H,57,71)(H,58,72)(H,60,68)(H,61,74)(H,62,70)(H,63,73)(H2,75,76,77)/t40-,41-,42-,43-/m0/s1. The Labute approximate surface area is 466 Å². The van der Waals surface area contributed by atoms with E-state index in [1.165, 1.54) is 78.9 Å². The number of phenols is 1. The maximum atomic E-state index is 14.2. The number of phosphoric acid groups is 1. The Morgan fingerprint density at radius 3 is 2.05 bits per heavy atom. The molecule has 14 N–H and O–H groups in total. The van der Waals surface area contributed by atoms with E-state index in [1.54, 1.807) is 38.1 Å². The number of carbonyl (C=O) groups excluding carboxylic acids is 8. The third kappa shape index (κ3) is 17.4. The Morgan fingerprint density at radius 1 is 0.741 bits per heavy atom. The summed E-state index contributed by atoms with van der Waals surface area (Å²) in [4.78, 5) is 141. The minimum Gasteiger partial charge on any atom is -0.508 e. The number of aliphatic hydroxyl groups is 1. The minimum absolute atomic E-state index is 0.0294. The summed E-state index contributed by atoms with van der Waals surface area (Å²) < 4.78 is 22.1. The number of fused-ring (bicyclic) bond motifs is 2. The van der Waals surface area contributed by atoms with E-state index in [1.807, 2.05) is 0 Å². The van der Waals surface area contributed by atoms with E-state index < -0.39 is 98.8 Å². The molecule has 8 amide bonds. The van der Waals surface area contributed by atoms with Gasteiger partial charge in [0, 0.05) is 59.2 Å². The summed E-state index contributed by atoms with van der Waals surface area (Å²) in [6.45, 7) is 1.87. The predicted molar refractivity (Wildman–Crippen MR) is 296 cm³/mol. The van der Waals surface area contributed by atoms with Crippen molar-refractivity contribution in [2.75, 3.05) is 13.2 Å². The van der Waals surface area contributed by atoms with Gasteiger partial charge < -0.3 is 62.5 Å². The number of nitrogens with zero attached hydrogens (tertiary/aromatic N) is 1. The quantitative estimate of drug-likeness (QED) is 0.0160. The number of primary amides is 2. The fourth-order valence-electron chi connectivity index (χ4n) is 8.32. The molecule has 0 spiro atoms. The number of aliphatic imine (C=N–C) groups is 1. The largest absolute Gasteiger partial charge is 0.524 e. The van der Waals surface area contributed by atoms with Crippen molar-refractivity contribution < 1.29 is 71.9 Å². The summed E-state index contributed by atoms with van der Waals surface area (Å²) in [7, 11) is -4.95. The lowest BCUT2D eigenvalue weighted by Gasteiger charge is -2.24. The van der Waals surface area contributed by atoms with E-state index in [4.69, 9.17) is 28.1 Å². The van der Waals surface area contributed by atoms with Crippen LogP contribution in [0.4, 0.5) is 5.69 Å². The molecule has 0 bridgehead atoms. The van der Waals surface area contributed by atoms with Crippen LogP contribution in [0, 0.1) is 5.92 Å². The third-order valence-corrected chi connectivity index (χ3v) is 12.7. The van der Waals surface area contributed by atoms with Crippen molar-refractivity contribution in [1.29, 1.82) is 0 Å². The number of carbonyl (C=O) groups is 8. The maximum absolute atomic E-state index is 14.2. The lowest BCUT2D eigenvalue weighted by Crippen LogP contribution is -2.57. The van der Waals surface area contributed by atoms with Crippen LogP contribution in [0.25, 0.3) is 33.4 Å². The van der Waals surface area contributed by atoms with Crippen molar-refractivity contribution in [2.45, 2.75) is 70.2 Å². The van der Waals surface area contributed by atoms with Crippen molar-refractivity contribution in [2.24, 2.45) is 22.4 Å². The summed E-state index contributed by atoms with van der Waals surface area (Å²) in [5.41, 5.74) is 13.3. The molecule has 0 radical (unpaired) electrons. The van der Waals surface area contributed by atoms with E-state index in [-0.39, 0.29) is 71.1 Å². The zero-order chi connectivity index (χ0) is 59.1. The Morgan fingerprint density at radius 2 is 1.41 bits per heavy atom. The first-order valence-electron chi connectivity index (χ1n) is 24.7. The number of rotatable bonds is 26. The summed E-state index contributed by atoms with van der Waals surface area (Å²) in [5.74, 6) is -7.16. The van der Waals surface area contributed by atoms with Crippen LogP contribution in [0.5, 0.6) is 11.5 Å². The van der Waals surface area contributed by atoms with Gasteiger partial charge in [-0.05, 0) is 108 Å². The van der Waals surface area contributed by atoms with Gasteiger partial charge in [-0.2, -0.15) is 4.99 Å². The first-order valence-corrected chi connectivity index (χ1v) is 26.7. The zero-order valence-corrected chi connectivity index (χ0v) is 45.0. The summed E-state index contributed by atoms with van der Waals surface area (Å²) >= 11 is 4.83. The van der Waals surface area contributed by atoms with Gasteiger partial charge in [-0.3, -0.25) is 52.9 Å².